The van der Waals surface area contributed by atoms with Gasteiger partial charge in [0.25, 0.3) is 0 Å². The van der Waals surface area contributed by atoms with Crippen molar-refractivity contribution in [1.82, 2.24) is 20.1 Å². The zero-order valence-corrected chi connectivity index (χ0v) is 17.5. The number of halogens is 2. The molecule has 0 bridgehead atoms. The van der Waals surface area contributed by atoms with Gasteiger partial charge in [-0.3, -0.25) is 4.68 Å². The number of fused-ring (bicyclic) bond motifs is 2. The second-order valence-electron chi connectivity index (χ2n) is 8.40. The number of nitrogens with zero attached hydrogens (tertiary/aromatic N) is 4. The second kappa shape index (κ2) is 7.16. The Morgan fingerprint density at radius 2 is 1.77 bits per heavy atom. The number of aromatic hydroxyl groups is 1. The van der Waals surface area contributed by atoms with Crippen LogP contribution in [0.25, 0.3) is 33.1 Å². The van der Waals surface area contributed by atoms with Gasteiger partial charge in [-0.05, 0) is 38.1 Å². The number of aromatic nitrogens is 3. The summed E-state index contributed by atoms with van der Waals surface area (Å²) in [5, 5.41) is 19.1. The number of benzene rings is 2. The van der Waals surface area contributed by atoms with Crippen molar-refractivity contribution in [1.29, 1.82) is 0 Å². The van der Waals surface area contributed by atoms with Gasteiger partial charge in [-0.25, -0.2) is 13.8 Å². The molecule has 1 aliphatic rings. The molecular formula is C23H23F2N5O. The molecule has 1 fully saturated rings. The number of phenols is 1. The Hall–Kier alpha value is -3.26. The summed E-state index contributed by atoms with van der Waals surface area (Å²) in [5.41, 5.74) is 1.58. The Bertz CT molecular complexity index is 1310. The van der Waals surface area contributed by atoms with Gasteiger partial charge in [0.2, 0.25) is 0 Å². The lowest BCUT2D eigenvalue weighted by Gasteiger charge is -2.37. The van der Waals surface area contributed by atoms with E-state index in [4.69, 9.17) is 0 Å². The van der Waals surface area contributed by atoms with Gasteiger partial charge in [0.05, 0.1) is 5.69 Å². The van der Waals surface area contributed by atoms with Gasteiger partial charge in [-0.15, -0.1) is 0 Å². The number of aryl methyl sites for hydroxylation is 1. The second-order valence-corrected chi connectivity index (χ2v) is 8.40. The van der Waals surface area contributed by atoms with Crippen LogP contribution in [-0.2, 0) is 7.05 Å². The lowest BCUT2D eigenvalue weighted by Crippen LogP contribution is -2.54. The third kappa shape index (κ3) is 3.37. The van der Waals surface area contributed by atoms with Crippen LogP contribution in [0.1, 0.15) is 13.8 Å². The molecule has 0 aliphatic carbocycles. The topological polar surface area (TPSA) is 66.2 Å². The molecule has 4 aromatic rings. The first kappa shape index (κ1) is 19.7. The van der Waals surface area contributed by atoms with Gasteiger partial charge in [-0.2, -0.15) is 5.10 Å². The number of hydrogen-bond acceptors (Lipinski definition) is 5. The maximum Gasteiger partial charge on any atom is 0.193 e. The maximum absolute atomic E-state index is 15.1. The van der Waals surface area contributed by atoms with Crippen LogP contribution in [0.5, 0.6) is 5.75 Å². The first-order valence-electron chi connectivity index (χ1n) is 10.3. The molecule has 0 saturated carbocycles. The van der Waals surface area contributed by atoms with Crippen molar-refractivity contribution in [3.63, 3.8) is 0 Å². The summed E-state index contributed by atoms with van der Waals surface area (Å²) < 4.78 is 31.2. The zero-order chi connectivity index (χ0) is 21.9. The molecule has 31 heavy (non-hydrogen) atoms. The SMILES string of the molecule is CC1CN(c2cc(F)c3nc(-c4cc5cn(C)nc5c(F)c4O)ccc3c2)CC(C)N1. The van der Waals surface area contributed by atoms with E-state index >= 15 is 4.39 Å². The van der Waals surface area contributed by atoms with E-state index in [1.54, 1.807) is 31.4 Å². The van der Waals surface area contributed by atoms with Crippen molar-refractivity contribution in [3.05, 3.63) is 48.2 Å². The van der Waals surface area contributed by atoms with Gasteiger partial charge in [0, 0.05) is 60.4 Å². The quantitative estimate of drug-likeness (QED) is 0.511. The minimum atomic E-state index is -0.812. The minimum Gasteiger partial charge on any atom is -0.504 e. The predicted octanol–water partition coefficient (Wildman–Crippen LogP) is 3.96. The standard InChI is InChI=1S/C23H23F2N5O/c1-12-9-30(10-13(2)26-12)16-6-14-4-5-19(27-21(14)18(24)8-16)17-7-15-11-29(3)28-22(15)20(25)23(17)31/h4-8,11-13,26,31H,9-10H2,1-3H3. The fourth-order valence-corrected chi connectivity index (χ4v) is 4.48. The van der Waals surface area contributed by atoms with Crippen LogP contribution in [0, 0.1) is 11.6 Å². The zero-order valence-electron chi connectivity index (χ0n) is 17.5. The highest BCUT2D eigenvalue weighted by atomic mass is 19.1. The van der Waals surface area contributed by atoms with E-state index in [0.29, 0.717) is 28.6 Å². The average molecular weight is 423 g/mol. The van der Waals surface area contributed by atoms with Crippen LogP contribution in [0.4, 0.5) is 14.5 Å². The molecule has 6 nitrogen and oxygen atoms in total. The maximum atomic E-state index is 15.1. The molecule has 2 unspecified atom stereocenters. The Balaban J connectivity index is 1.59. The van der Waals surface area contributed by atoms with Crippen molar-refractivity contribution in [2.45, 2.75) is 25.9 Å². The van der Waals surface area contributed by atoms with Crippen molar-refractivity contribution >= 4 is 27.5 Å². The monoisotopic (exact) mass is 423 g/mol. The van der Waals surface area contributed by atoms with Crippen LogP contribution in [0.15, 0.2) is 36.5 Å². The van der Waals surface area contributed by atoms with Crippen molar-refractivity contribution < 1.29 is 13.9 Å². The number of pyridine rings is 1. The molecule has 2 aromatic heterocycles. The van der Waals surface area contributed by atoms with E-state index in [1.807, 2.05) is 6.07 Å². The van der Waals surface area contributed by atoms with Gasteiger partial charge >= 0.3 is 0 Å². The summed E-state index contributed by atoms with van der Waals surface area (Å²) >= 11 is 0. The first-order valence-corrected chi connectivity index (χ1v) is 10.3. The minimum absolute atomic E-state index is 0.0832. The van der Waals surface area contributed by atoms with Crippen LogP contribution in [-0.4, -0.2) is 45.0 Å². The molecule has 160 valence electrons. The molecule has 2 N–H and O–H groups in total. The number of hydrogen-bond donors (Lipinski definition) is 2. The van der Waals surface area contributed by atoms with E-state index in [1.165, 1.54) is 10.7 Å². The first-order chi connectivity index (χ1) is 14.8. The van der Waals surface area contributed by atoms with Crippen molar-refractivity contribution in [3.8, 4) is 17.0 Å². The Morgan fingerprint density at radius 1 is 1.03 bits per heavy atom. The number of phenolic OH excluding ortho intramolecular Hbond substituents is 1. The van der Waals surface area contributed by atoms with Crippen molar-refractivity contribution in [2.24, 2.45) is 7.05 Å². The van der Waals surface area contributed by atoms with E-state index in [9.17, 15) is 9.50 Å². The summed E-state index contributed by atoms with van der Waals surface area (Å²) in [4.78, 5) is 6.58. The lowest BCUT2D eigenvalue weighted by atomic mass is 10.0. The third-order valence-corrected chi connectivity index (χ3v) is 5.76. The Kier molecular flexibility index (Phi) is 4.55. The van der Waals surface area contributed by atoms with E-state index < -0.39 is 17.4 Å². The molecule has 1 saturated heterocycles. The molecule has 1 aliphatic heterocycles. The van der Waals surface area contributed by atoms with E-state index in [2.05, 4.69) is 34.1 Å². The number of nitrogens with one attached hydrogen (secondary N) is 1. The van der Waals surface area contributed by atoms with Gasteiger partial charge in [0.15, 0.2) is 17.4 Å². The molecule has 5 rings (SSSR count). The van der Waals surface area contributed by atoms with Crippen molar-refractivity contribution in [2.75, 3.05) is 18.0 Å². The molecular weight excluding hydrogens is 400 g/mol. The third-order valence-electron chi connectivity index (χ3n) is 5.76. The molecule has 0 radical (unpaired) electrons. The highest BCUT2D eigenvalue weighted by Gasteiger charge is 2.23. The van der Waals surface area contributed by atoms with E-state index in [-0.39, 0.29) is 16.6 Å². The highest BCUT2D eigenvalue weighted by Crippen LogP contribution is 2.36. The largest absolute Gasteiger partial charge is 0.504 e. The fourth-order valence-electron chi connectivity index (χ4n) is 4.48. The van der Waals surface area contributed by atoms with Crippen LogP contribution in [0.3, 0.4) is 0 Å². The summed E-state index contributed by atoms with van der Waals surface area (Å²) in [6, 6.07) is 9.07. The van der Waals surface area contributed by atoms with Crippen LogP contribution < -0.4 is 10.2 Å². The molecule has 2 atom stereocenters. The normalized spacial score (nSPS) is 19.5. The number of rotatable bonds is 2. The molecule has 0 amide bonds. The van der Waals surface area contributed by atoms with Crippen LogP contribution in [0.2, 0.25) is 0 Å². The fraction of sp³-hybridized carbons (Fsp3) is 0.304. The summed E-state index contributed by atoms with van der Waals surface area (Å²) in [7, 11) is 1.68. The van der Waals surface area contributed by atoms with Gasteiger partial charge in [-0.1, -0.05) is 6.07 Å². The van der Waals surface area contributed by atoms with Gasteiger partial charge < -0.3 is 15.3 Å². The summed E-state index contributed by atoms with van der Waals surface area (Å²) in [5.74, 6) is -1.80. The number of anilines is 1. The smallest absolute Gasteiger partial charge is 0.193 e. The molecule has 2 aromatic carbocycles. The Morgan fingerprint density at radius 3 is 2.52 bits per heavy atom. The molecule has 8 heteroatoms. The molecule has 3 heterocycles. The average Bonchev–Trinajstić information content (AvgIpc) is 3.10. The molecule has 0 spiro atoms. The van der Waals surface area contributed by atoms with E-state index in [0.717, 1.165) is 18.8 Å². The summed E-state index contributed by atoms with van der Waals surface area (Å²) in [6.45, 7) is 5.80. The lowest BCUT2D eigenvalue weighted by molar-refractivity contribution is 0.407. The highest BCUT2D eigenvalue weighted by molar-refractivity contribution is 5.90. The predicted molar refractivity (Wildman–Crippen MR) is 117 cm³/mol. The van der Waals surface area contributed by atoms with Gasteiger partial charge in [0.1, 0.15) is 11.0 Å². The Labute approximate surface area is 178 Å². The van der Waals surface area contributed by atoms with Crippen LogP contribution >= 0.6 is 0 Å². The number of piperazine rings is 1. The summed E-state index contributed by atoms with van der Waals surface area (Å²) in [6.07, 6.45) is 1.66.